The predicted molar refractivity (Wildman–Crippen MR) is 68.4 cm³/mol. The molecule has 96 valence electrons. The average molecular weight is 246 g/mol. The topological polar surface area (TPSA) is 54.3 Å². The van der Waals surface area contributed by atoms with Crippen molar-refractivity contribution < 1.29 is 9.47 Å². The maximum atomic E-state index is 8.95. The van der Waals surface area contributed by atoms with Gasteiger partial charge in [0.05, 0.1) is 11.5 Å². The van der Waals surface area contributed by atoms with Gasteiger partial charge in [0.1, 0.15) is 0 Å². The Balaban J connectivity index is 2.00. The third kappa shape index (κ3) is 2.74. The Morgan fingerprint density at radius 3 is 2.67 bits per heavy atom. The molecule has 0 unspecified atom stereocenters. The van der Waals surface area contributed by atoms with Crippen molar-refractivity contribution >= 4 is 0 Å². The molecule has 1 heterocycles. The third-order valence-electron chi connectivity index (χ3n) is 3.02. The number of aryl methyl sites for hydroxylation is 1. The van der Waals surface area contributed by atoms with Gasteiger partial charge in [-0.1, -0.05) is 0 Å². The number of hydrogen-bond donors (Lipinski definition) is 1. The molecule has 4 heteroatoms. The van der Waals surface area contributed by atoms with E-state index in [0.29, 0.717) is 13.3 Å². The van der Waals surface area contributed by atoms with Crippen LogP contribution in [0.2, 0.25) is 0 Å². The van der Waals surface area contributed by atoms with Gasteiger partial charge in [0.25, 0.3) is 0 Å². The van der Waals surface area contributed by atoms with E-state index in [2.05, 4.69) is 18.3 Å². The van der Waals surface area contributed by atoms with Gasteiger partial charge in [-0.25, -0.2) is 0 Å². The summed E-state index contributed by atoms with van der Waals surface area (Å²) in [7, 11) is 0. The molecule has 2 rings (SSSR count). The second-order valence-electron chi connectivity index (χ2n) is 5.23. The smallest absolute Gasteiger partial charge is 0.231 e. The third-order valence-corrected chi connectivity index (χ3v) is 3.02. The average Bonchev–Trinajstić information content (AvgIpc) is 2.76. The SMILES string of the molecule is Cc1cc2c(cc1CNCC(C)(C)C#N)OCO2. The summed E-state index contributed by atoms with van der Waals surface area (Å²) in [5.74, 6) is 1.62. The summed E-state index contributed by atoms with van der Waals surface area (Å²) >= 11 is 0. The first-order chi connectivity index (χ1) is 8.52. The molecule has 0 radical (unpaired) electrons. The maximum absolute atomic E-state index is 8.95. The highest BCUT2D eigenvalue weighted by atomic mass is 16.7. The summed E-state index contributed by atoms with van der Waals surface area (Å²) in [6, 6.07) is 6.28. The van der Waals surface area contributed by atoms with Gasteiger partial charge in [0.2, 0.25) is 6.79 Å². The van der Waals surface area contributed by atoms with E-state index in [1.165, 1.54) is 11.1 Å². The zero-order valence-corrected chi connectivity index (χ0v) is 11.0. The number of benzene rings is 1. The van der Waals surface area contributed by atoms with E-state index in [9.17, 15) is 0 Å². The normalized spacial score (nSPS) is 13.4. The Hall–Kier alpha value is -1.73. The lowest BCUT2D eigenvalue weighted by atomic mass is 9.96. The van der Waals surface area contributed by atoms with Gasteiger partial charge in [0, 0.05) is 13.1 Å². The van der Waals surface area contributed by atoms with Crippen LogP contribution >= 0.6 is 0 Å². The van der Waals surface area contributed by atoms with E-state index in [4.69, 9.17) is 14.7 Å². The highest BCUT2D eigenvalue weighted by Crippen LogP contribution is 2.34. The molecule has 0 atom stereocenters. The first-order valence-electron chi connectivity index (χ1n) is 6.03. The quantitative estimate of drug-likeness (QED) is 0.886. The van der Waals surface area contributed by atoms with Crippen LogP contribution in [0.1, 0.15) is 25.0 Å². The fourth-order valence-corrected chi connectivity index (χ4v) is 1.83. The number of ether oxygens (including phenoxy) is 2. The molecular formula is C14H18N2O2. The molecule has 0 bridgehead atoms. The second-order valence-corrected chi connectivity index (χ2v) is 5.23. The standard InChI is InChI=1S/C14H18N2O2/c1-10-4-12-13(18-9-17-12)5-11(10)6-16-8-14(2,3)7-15/h4-5,16H,6,8-9H2,1-3H3. The van der Waals surface area contributed by atoms with Gasteiger partial charge in [0.15, 0.2) is 11.5 Å². The maximum Gasteiger partial charge on any atom is 0.231 e. The van der Waals surface area contributed by atoms with Gasteiger partial charge < -0.3 is 14.8 Å². The Labute approximate surface area is 108 Å². The van der Waals surface area contributed by atoms with Gasteiger partial charge in [-0.3, -0.25) is 0 Å². The molecule has 1 aromatic rings. The van der Waals surface area contributed by atoms with Gasteiger partial charge >= 0.3 is 0 Å². The number of nitrogens with zero attached hydrogens (tertiary/aromatic N) is 1. The summed E-state index contributed by atoms with van der Waals surface area (Å²) < 4.78 is 10.7. The summed E-state index contributed by atoms with van der Waals surface area (Å²) in [4.78, 5) is 0. The van der Waals surface area contributed by atoms with E-state index < -0.39 is 0 Å². The minimum Gasteiger partial charge on any atom is -0.454 e. The monoisotopic (exact) mass is 246 g/mol. The lowest BCUT2D eigenvalue weighted by Gasteiger charge is -2.16. The number of fused-ring (bicyclic) bond motifs is 1. The largest absolute Gasteiger partial charge is 0.454 e. The van der Waals surface area contributed by atoms with Crippen molar-refractivity contribution in [1.29, 1.82) is 5.26 Å². The van der Waals surface area contributed by atoms with Crippen LogP contribution in [0.15, 0.2) is 12.1 Å². The molecule has 1 N–H and O–H groups in total. The first kappa shape index (κ1) is 12.7. The van der Waals surface area contributed by atoms with E-state index in [-0.39, 0.29) is 5.41 Å². The molecule has 0 aliphatic carbocycles. The van der Waals surface area contributed by atoms with Crippen LogP contribution in [-0.2, 0) is 6.54 Å². The zero-order valence-electron chi connectivity index (χ0n) is 11.0. The summed E-state index contributed by atoms with van der Waals surface area (Å²) in [6.45, 7) is 7.59. The molecule has 4 nitrogen and oxygen atoms in total. The van der Waals surface area contributed by atoms with Crippen LogP contribution in [0, 0.1) is 23.7 Å². The highest BCUT2D eigenvalue weighted by molar-refractivity contribution is 5.48. The fourth-order valence-electron chi connectivity index (χ4n) is 1.83. The predicted octanol–water partition coefficient (Wildman–Crippen LogP) is 2.36. The van der Waals surface area contributed by atoms with Crippen molar-refractivity contribution in [2.45, 2.75) is 27.3 Å². The van der Waals surface area contributed by atoms with Crippen LogP contribution in [0.5, 0.6) is 11.5 Å². The van der Waals surface area contributed by atoms with Gasteiger partial charge in [-0.15, -0.1) is 0 Å². The molecule has 0 aromatic heterocycles. The molecular weight excluding hydrogens is 228 g/mol. The number of nitrogens with one attached hydrogen (secondary N) is 1. The van der Waals surface area contributed by atoms with E-state index >= 15 is 0 Å². The molecule has 0 spiro atoms. The molecule has 0 saturated heterocycles. The van der Waals surface area contributed by atoms with Crippen molar-refractivity contribution in [2.75, 3.05) is 13.3 Å². The Kier molecular flexibility index (Phi) is 3.44. The lowest BCUT2D eigenvalue weighted by molar-refractivity contribution is 0.174. The minimum atomic E-state index is -0.343. The van der Waals surface area contributed by atoms with Gasteiger partial charge in [-0.05, 0) is 44.0 Å². The Morgan fingerprint density at radius 2 is 2.00 bits per heavy atom. The summed E-state index contributed by atoms with van der Waals surface area (Å²) in [6.07, 6.45) is 0. The Bertz CT molecular complexity index is 489. The van der Waals surface area contributed by atoms with Crippen LogP contribution in [0.25, 0.3) is 0 Å². The fraction of sp³-hybridized carbons (Fsp3) is 0.500. The lowest BCUT2D eigenvalue weighted by Crippen LogP contribution is -2.27. The highest BCUT2D eigenvalue weighted by Gasteiger charge is 2.18. The van der Waals surface area contributed by atoms with Crippen molar-refractivity contribution in [3.05, 3.63) is 23.3 Å². The second kappa shape index (κ2) is 4.87. The number of hydrogen-bond acceptors (Lipinski definition) is 4. The van der Waals surface area contributed by atoms with Crippen LogP contribution < -0.4 is 14.8 Å². The van der Waals surface area contributed by atoms with Crippen molar-refractivity contribution in [2.24, 2.45) is 5.41 Å². The minimum absolute atomic E-state index is 0.299. The molecule has 18 heavy (non-hydrogen) atoms. The molecule has 0 saturated carbocycles. The number of rotatable bonds is 4. The molecule has 0 amide bonds. The van der Waals surface area contributed by atoms with Crippen LogP contribution in [0.4, 0.5) is 0 Å². The van der Waals surface area contributed by atoms with Crippen molar-refractivity contribution in [3.8, 4) is 17.6 Å². The summed E-state index contributed by atoms with van der Waals surface area (Å²) in [5, 5.41) is 12.3. The van der Waals surface area contributed by atoms with Crippen LogP contribution in [-0.4, -0.2) is 13.3 Å². The van der Waals surface area contributed by atoms with Crippen LogP contribution in [0.3, 0.4) is 0 Å². The molecule has 1 aliphatic heterocycles. The zero-order chi connectivity index (χ0) is 13.2. The van der Waals surface area contributed by atoms with E-state index in [1.807, 2.05) is 26.0 Å². The molecule has 0 fully saturated rings. The molecule has 1 aromatic carbocycles. The van der Waals surface area contributed by atoms with Gasteiger partial charge in [-0.2, -0.15) is 5.26 Å². The summed E-state index contributed by atoms with van der Waals surface area (Å²) in [5.41, 5.74) is 2.00. The Morgan fingerprint density at radius 1 is 1.33 bits per heavy atom. The van der Waals surface area contributed by atoms with E-state index in [1.54, 1.807) is 0 Å². The molecule has 1 aliphatic rings. The van der Waals surface area contributed by atoms with Crippen molar-refractivity contribution in [1.82, 2.24) is 5.32 Å². The van der Waals surface area contributed by atoms with Crippen molar-refractivity contribution in [3.63, 3.8) is 0 Å². The van der Waals surface area contributed by atoms with E-state index in [0.717, 1.165) is 18.0 Å². The first-order valence-corrected chi connectivity index (χ1v) is 6.03. The number of nitriles is 1.